The zero-order valence-electron chi connectivity index (χ0n) is 16.2. The van der Waals surface area contributed by atoms with Crippen LogP contribution in [0.5, 0.6) is 0 Å². The van der Waals surface area contributed by atoms with Crippen molar-refractivity contribution in [2.75, 3.05) is 50.1 Å². The first-order valence-electron chi connectivity index (χ1n) is 9.39. The molecular formula is C21H24N6O. The van der Waals surface area contributed by atoms with Crippen molar-refractivity contribution in [1.82, 2.24) is 20.1 Å². The van der Waals surface area contributed by atoms with E-state index in [0.717, 1.165) is 41.4 Å². The summed E-state index contributed by atoms with van der Waals surface area (Å²) >= 11 is 0. The van der Waals surface area contributed by atoms with Gasteiger partial charge < -0.3 is 14.7 Å². The Bertz CT molecular complexity index is 944. The Hall–Kier alpha value is -3.35. The van der Waals surface area contributed by atoms with Crippen LogP contribution in [0.2, 0.25) is 0 Å². The Morgan fingerprint density at radius 2 is 1.89 bits per heavy atom. The van der Waals surface area contributed by atoms with Crippen LogP contribution in [0.15, 0.2) is 54.9 Å². The van der Waals surface area contributed by atoms with Crippen LogP contribution in [0.3, 0.4) is 0 Å². The van der Waals surface area contributed by atoms with Crippen LogP contribution < -0.4 is 9.80 Å². The number of benzene rings is 1. The third-order valence-electron chi connectivity index (χ3n) is 5.04. The number of rotatable bonds is 4. The minimum absolute atomic E-state index is 0.0847. The average Bonchev–Trinajstić information content (AvgIpc) is 3.24. The number of nitrogens with zero attached hydrogens (tertiary/aromatic N) is 5. The molecule has 28 heavy (non-hydrogen) atoms. The lowest BCUT2D eigenvalue weighted by atomic mass is 10.1. The molecule has 1 N–H and O–H groups in total. The Balaban J connectivity index is 1.40. The van der Waals surface area contributed by atoms with Gasteiger partial charge in [0.1, 0.15) is 0 Å². The fourth-order valence-corrected chi connectivity index (χ4v) is 3.38. The minimum atomic E-state index is 0.0847. The number of piperazine rings is 1. The molecule has 0 spiro atoms. The molecule has 1 aliphatic rings. The molecule has 3 aromatic rings. The second-order valence-corrected chi connectivity index (χ2v) is 7.11. The highest BCUT2D eigenvalue weighted by Gasteiger charge is 2.23. The van der Waals surface area contributed by atoms with E-state index in [1.54, 1.807) is 6.20 Å². The van der Waals surface area contributed by atoms with Crippen LogP contribution in [0.1, 0.15) is 10.4 Å². The molecule has 1 aromatic carbocycles. The second kappa shape index (κ2) is 7.72. The second-order valence-electron chi connectivity index (χ2n) is 7.11. The molecule has 0 radical (unpaired) electrons. The standard InChI is InChI=1S/C21H24N6O/c1-25(2)18-7-3-5-16(13-18)21(28)27-11-9-26(10-12-27)20-14-19(23-24-20)17-6-4-8-22-15-17/h3-8,13-15H,9-12H2,1-2H3,(H,23,24). The minimum Gasteiger partial charge on any atom is -0.378 e. The highest BCUT2D eigenvalue weighted by Crippen LogP contribution is 2.22. The van der Waals surface area contributed by atoms with Crippen molar-refractivity contribution in [1.29, 1.82) is 0 Å². The monoisotopic (exact) mass is 376 g/mol. The van der Waals surface area contributed by atoms with Gasteiger partial charge in [-0.1, -0.05) is 6.07 Å². The number of hydrogen-bond acceptors (Lipinski definition) is 5. The van der Waals surface area contributed by atoms with Crippen molar-refractivity contribution in [2.24, 2.45) is 0 Å². The first kappa shape index (κ1) is 18.0. The summed E-state index contributed by atoms with van der Waals surface area (Å²) in [7, 11) is 3.96. The molecule has 0 unspecified atom stereocenters. The van der Waals surface area contributed by atoms with Gasteiger partial charge in [-0.3, -0.25) is 14.9 Å². The van der Waals surface area contributed by atoms with E-state index >= 15 is 0 Å². The maximum Gasteiger partial charge on any atom is 0.254 e. The smallest absolute Gasteiger partial charge is 0.254 e. The molecule has 3 heterocycles. The number of carbonyl (C=O) groups is 1. The quantitative estimate of drug-likeness (QED) is 0.758. The molecule has 4 rings (SSSR count). The number of carbonyl (C=O) groups excluding carboxylic acids is 1. The van der Waals surface area contributed by atoms with Crippen LogP contribution in [0, 0.1) is 0 Å². The van der Waals surface area contributed by atoms with E-state index in [1.807, 2.05) is 72.6 Å². The Morgan fingerprint density at radius 1 is 1.07 bits per heavy atom. The molecule has 1 saturated heterocycles. The lowest BCUT2D eigenvalue weighted by molar-refractivity contribution is 0.0746. The fraction of sp³-hybridized carbons (Fsp3) is 0.286. The van der Waals surface area contributed by atoms with E-state index in [2.05, 4.69) is 20.1 Å². The van der Waals surface area contributed by atoms with Gasteiger partial charge in [-0.25, -0.2) is 0 Å². The predicted octanol–water partition coefficient (Wildman–Crippen LogP) is 2.50. The molecule has 7 heteroatoms. The molecule has 0 atom stereocenters. The predicted molar refractivity (Wildman–Crippen MR) is 111 cm³/mol. The van der Waals surface area contributed by atoms with Crippen LogP contribution in [0.4, 0.5) is 11.5 Å². The summed E-state index contributed by atoms with van der Waals surface area (Å²) in [6.07, 6.45) is 3.57. The number of anilines is 2. The van der Waals surface area contributed by atoms with Gasteiger partial charge in [0, 0.05) is 75.5 Å². The molecule has 0 aliphatic carbocycles. The van der Waals surface area contributed by atoms with Gasteiger partial charge in [0.15, 0.2) is 5.82 Å². The highest BCUT2D eigenvalue weighted by atomic mass is 16.2. The van der Waals surface area contributed by atoms with Crippen molar-refractivity contribution in [3.8, 4) is 11.3 Å². The molecule has 144 valence electrons. The Kier molecular flexibility index (Phi) is 4.97. The van der Waals surface area contributed by atoms with Gasteiger partial charge in [-0.2, -0.15) is 5.10 Å². The maximum atomic E-state index is 12.9. The summed E-state index contributed by atoms with van der Waals surface area (Å²) in [6.45, 7) is 2.88. The van der Waals surface area contributed by atoms with Crippen LogP contribution >= 0.6 is 0 Å². The molecule has 0 saturated carbocycles. The molecule has 7 nitrogen and oxygen atoms in total. The molecule has 0 bridgehead atoms. The zero-order chi connectivity index (χ0) is 19.5. The van der Waals surface area contributed by atoms with Crippen LogP contribution in [0.25, 0.3) is 11.3 Å². The third kappa shape index (κ3) is 3.69. The summed E-state index contributed by atoms with van der Waals surface area (Å²) in [5, 5.41) is 7.52. The normalized spacial score (nSPS) is 14.2. The highest BCUT2D eigenvalue weighted by molar-refractivity contribution is 5.95. The van der Waals surface area contributed by atoms with Gasteiger partial charge >= 0.3 is 0 Å². The number of nitrogens with one attached hydrogen (secondary N) is 1. The third-order valence-corrected chi connectivity index (χ3v) is 5.04. The number of H-pyrrole nitrogens is 1. The van der Waals surface area contributed by atoms with E-state index in [-0.39, 0.29) is 5.91 Å². The number of pyridine rings is 1. The van der Waals surface area contributed by atoms with Gasteiger partial charge in [-0.05, 0) is 30.3 Å². The number of aromatic nitrogens is 3. The summed E-state index contributed by atoms with van der Waals surface area (Å²) in [4.78, 5) is 23.1. The van der Waals surface area contributed by atoms with E-state index in [4.69, 9.17) is 0 Å². The number of amides is 1. The summed E-state index contributed by atoms with van der Waals surface area (Å²) < 4.78 is 0. The summed E-state index contributed by atoms with van der Waals surface area (Å²) in [5.74, 6) is 0.988. The fourth-order valence-electron chi connectivity index (χ4n) is 3.38. The van der Waals surface area contributed by atoms with Crippen LogP contribution in [-0.4, -0.2) is 66.3 Å². The van der Waals surface area contributed by atoms with E-state index in [0.29, 0.717) is 13.1 Å². The van der Waals surface area contributed by atoms with Gasteiger partial charge in [0.25, 0.3) is 5.91 Å². The van der Waals surface area contributed by atoms with E-state index < -0.39 is 0 Å². The van der Waals surface area contributed by atoms with E-state index in [1.165, 1.54) is 0 Å². The lowest BCUT2D eigenvalue weighted by Gasteiger charge is -2.35. The first-order chi connectivity index (χ1) is 13.6. The van der Waals surface area contributed by atoms with E-state index in [9.17, 15) is 4.79 Å². The van der Waals surface area contributed by atoms with Crippen molar-refractivity contribution in [3.05, 3.63) is 60.4 Å². The summed E-state index contributed by atoms with van der Waals surface area (Å²) in [6, 6.07) is 13.7. The van der Waals surface area contributed by atoms with Gasteiger partial charge in [-0.15, -0.1) is 0 Å². The first-order valence-corrected chi connectivity index (χ1v) is 9.39. The molecule has 2 aromatic heterocycles. The lowest BCUT2D eigenvalue weighted by Crippen LogP contribution is -2.49. The molecular weight excluding hydrogens is 352 g/mol. The van der Waals surface area contributed by atoms with Gasteiger partial charge in [0.2, 0.25) is 0 Å². The van der Waals surface area contributed by atoms with Crippen molar-refractivity contribution < 1.29 is 4.79 Å². The number of hydrogen-bond donors (Lipinski definition) is 1. The average molecular weight is 376 g/mol. The zero-order valence-corrected chi connectivity index (χ0v) is 16.2. The topological polar surface area (TPSA) is 68.4 Å². The molecule has 1 amide bonds. The Labute approximate surface area is 164 Å². The SMILES string of the molecule is CN(C)c1cccc(C(=O)N2CCN(c3cc(-c4cccnc4)[nH]n3)CC2)c1. The van der Waals surface area contributed by atoms with Crippen LogP contribution in [-0.2, 0) is 0 Å². The number of aromatic amines is 1. The molecule has 1 aliphatic heterocycles. The molecule has 1 fully saturated rings. The Morgan fingerprint density at radius 3 is 2.61 bits per heavy atom. The van der Waals surface area contributed by atoms with Crippen molar-refractivity contribution in [3.63, 3.8) is 0 Å². The maximum absolute atomic E-state index is 12.9. The van der Waals surface area contributed by atoms with Gasteiger partial charge in [0.05, 0.1) is 5.69 Å². The van der Waals surface area contributed by atoms with Crippen molar-refractivity contribution in [2.45, 2.75) is 0 Å². The largest absolute Gasteiger partial charge is 0.378 e. The van der Waals surface area contributed by atoms with Crippen molar-refractivity contribution >= 4 is 17.4 Å². The summed E-state index contributed by atoms with van der Waals surface area (Å²) in [5.41, 5.74) is 3.72.